The van der Waals surface area contributed by atoms with Crippen molar-refractivity contribution in [3.63, 3.8) is 0 Å². The average molecular weight is 250 g/mol. The Labute approximate surface area is 111 Å². The van der Waals surface area contributed by atoms with Crippen LogP contribution in [0.5, 0.6) is 0 Å². The number of rotatable bonds is 1. The minimum absolute atomic E-state index is 0.0647. The van der Waals surface area contributed by atoms with Gasteiger partial charge in [-0.15, -0.1) is 0 Å². The standard InChI is InChI=1S/C16H14N2O/c1-11-3-5-13-6-7-15(17-14(13)9-11)18-10-12(2)4-8-16(18)19/h3-10H,1-2H3. The monoisotopic (exact) mass is 250 g/mol. The van der Waals surface area contributed by atoms with Crippen LogP contribution in [-0.2, 0) is 0 Å². The molecule has 3 aromatic rings. The lowest BCUT2D eigenvalue weighted by Crippen LogP contribution is -2.17. The second-order valence-corrected chi connectivity index (χ2v) is 4.78. The molecule has 3 rings (SSSR count). The molecule has 0 unspecified atom stereocenters. The van der Waals surface area contributed by atoms with E-state index in [2.05, 4.69) is 11.1 Å². The van der Waals surface area contributed by atoms with E-state index in [4.69, 9.17) is 0 Å². The molecular formula is C16H14N2O. The topological polar surface area (TPSA) is 34.9 Å². The fourth-order valence-corrected chi connectivity index (χ4v) is 2.12. The van der Waals surface area contributed by atoms with Gasteiger partial charge in [0.15, 0.2) is 0 Å². The molecule has 0 radical (unpaired) electrons. The van der Waals surface area contributed by atoms with Crippen molar-refractivity contribution in [1.82, 2.24) is 9.55 Å². The third kappa shape index (κ3) is 2.15. The van der Waals surface area contributed by atoms with E-state index in [1.807, 2.05) is 50.4 Å². The molecular weight excluding hydrogens is 236 g/mol. The number of pyridine rings is 2. The van der Waals surface area contributed by atoms with Crippen LogP contribution < -0.4 is 5.56 Å². The molecule has 0 spiro atoms. The first-order chi connectivity index (χ1) is 9.13. The second kappa shape index (κ2) is 4.35. The molecule has 0 saturated heterocycles. The number of hydrogen-bond acceptors (Lipinski definition) is 2. The predicted molar refractivity (Wildman–Crippen MR) is 76.8 cm³/mol. The molecule has 0 fully saturated rings. The Kier molecular flexibility index (Phi) is 2.67. The van der Waals surface area contributed by atoms with E-state index >= 15 is 0 Å². The summed E-state index contributed by atoms with van der Waals surface area (Å²) in [5.74, 6) is 0.659. The van der Waals surface area contributed by atoms with Gasteiger partial charge >= 0.3 is 0 Å². The zero-order chi connectivity index (χ0) is 13.4. The van der Waals surface area contributed by atoms with Gasteiger partial charge in [-0.1, -0.05) is 18.2 Å². The molecule has 0 saturated carbocycles. The summed E-state index contributed by atoms with van der Waals surface area (Å²) in [6, 6.07) is 13.4. The molecule has 0 N–H and O–H groups in total. The summed E-state index contributed by atoms with van der Waals surface area (Å²) in [6.07, 6.45) is 1.81. The highest BCUT2D eigenvalue weighted by molar-refractivity contribution is 5.80. The molecule has 3 heteroatoms. The van der Waals surface area contributed by atoms with Gasteiger partial charge in [0.05, 0.1) is 5.52 Å². The summed E-state index contributed by atoms with van der Waals surface area (Å²) >= 11 is 0. The summed E-state index contributed by atoms with van der Waals surface area (Å²) in [5.41, 5.74) is 3.04. The van der Waals surface area contributed by atoms with Gasteiger partial charge in [-0.25, -0.2) is 4.98 Å². The van der Waals surface area contributed by atoms with E-state index in [0.717, 1.165) is 22.0 Å². The molecule has 19 heavy (non-hydrogen) atoms. The van der Waals surface area contributed by atoms with Gasteiger partial charge < -0.3 is 0 Å². The van der Waals surface area contributed by atoms with Gasteiger partial charge in [-0.05, 0) is 43.2 Å². The van der Waals surface area contributed by atoms with E-state index in [0.29, 0.717) is 5.82 Å². The number of hydrogen-bond donors (Lipinski definition) is 0. The first-order valence-corrected chi connectivity index (χ1v) is 6.20. The maximum atomic E-state index is 11.9. The van der Waals surface area contributed by atoms with Crippen LogP contribution in [0.4, 0.5) is 0 Å². The fraction of sp³-hybridized carbons (Fsp3) is 0.125. The van der Waals surface area contributed by atoms with Crippen molar-refractivity contribution in [2.75, 3.05) is 0 Å². The van der Waals surface area contributed by atoms with Gasteiger partial charge in [0.1, 0.15) is 5.82 Å². The Balaban J connectivity index is 2.25. The summed E-state index contributed by atoms with van der Waals surface area (Å²) in [5, 5.41) is 1.08. The molecule has 94 valence electrons. The number of benzene rings is 1. The van der Waals surface area contributed by atoms with Gasteiger partial charge in [-0.3, -0.25) is 9.36 Å². The molecule has 0 aliphatic carbocycles. The van der Waals surface area contributed by atoms with Crippen LogP contribution in [0.2, 0.25) is 0 Å². The van der Waals surface area contributed by atoms with Gasteiger partial charge in [0.2, 0.25) is 0 Å². The summed E-state index contributed by atoms with van der Waals surface area (Å²) in [4.78, 5) is 16.5. The lowest BCUT2D eigenvalue weighted by atomic mass is 10.1. The third-order valence-electron chi connectivity index (χ3n) is 3.14. The van der Waals surface area contributed by atoms with E-state index in [9.17, 15) is 4.79 Å². The third-order valence-corrected chi connectivity index (χ3v) is 3.14. The van der Waals surface area contributed by atoms with E-state index in [-0.39, 0.29) is 5.56 Å². The molecule has 1 aromatic carbocycles. The van der Waals surface area contributed by atoms with Gasteiger partial charge in [-0.2, -0.15) is 0 Å². The minimum Gasteiger partial charge on any atom is -0.269 e. The van der Waals surface area contributed by atoms with Crippen LogP contribution in [0.3, 0.4) is 0 Å². The fourth-order valence-electron chi connectivity index (χ4n) is 2.12. The number of aromatic nitrogens is 2. The summed E-state index contributed by atoms with van der Waals surface area (Å²) in [6.45, 7) is 3.99. The van der Waals surface area contributed by atoms with Gasteiger partial charge in [0.25, 0.3) is 5.56 Å². The molecule has 0 amide bonds. The molecule has 0 atom stereocenters. The number of nitrogens with zero attached hydrogens (tertiary/aromatic N) is 2. The van der Waals surface area contributed by atoms with E-state index in [1.54, 1.807) is 10.6 Å². The van der Waals surface area contributed by atoms with Crippen molar-refractivity contribution >= 4 is 10.9 Å². The molecule has 0 aliphatic heterocycles. The Morgan fingerprint density at radius 1 is 0.947 bits per heavy atom. The van der Waals surface area contributed by atoms with Crippen molar-refractivity contribution in [2.45, 2.75) is 13.8 Å². The molecule has 3 nitrogen and oxygen atoms in total. The zero-order valence-corrected chi connectivity index (χ0v) is 10.9. The van der Waals surface area contributed by atoms with Crippen LogP contribution in [0, 0.1) is 13.8 Å². The normalized spacial score (nSPS) is 10.8. The first-order valence-electron chi connectivity index (χ1n) is 6.20. The largest absolute Gasteiger partial charge is 0.269 e. The Bertz CT molecular complexity index is 818. The smallest absolute Gasteiger partial charge is 0.256 e. The Morgan fingerprint density at radius 3 is 2.53 bits per heavy atom. The maximum Gasteiger partial charge on any atom is 0.256 e. The van der Waals surface area contributed by atoms with Crippen LogP contribution in [0.15, 0.2) is 53.5 Å². The molecule has 0 aliphatic rings. The van der Waals surface area contributed by atoms with E-state index in [1.165, 1.54) is 0 Å². The molecule has 2 heterocycles. The van der Waals surface area contributed by atoms with Crippen molar-refractivity contribution in [3.8, 4) is 5.82 Å². The summed E-state index contributed by atoms with van der Waals surface area (Å²) < 4.78 is 1.58. The Morgan fingerprint density at radius 2 is 1.68 bits per heavy atom. The highest BCUT2D eigenvalue weighted by Gasteiger charge is 2.03. The van der Waals surface area contributed by atoms with Crippen LogP contribution in [-0.4, -0.2) is 9.55 Å². The number of fused-ring (bicyclic) bond motifs is 1. The van der Waals surface area contributed by atoms with Crippen LogP contribution in [0.1, 0.15) is 11.1 Å². The second-order valence-electron chi connectivity index (χ2n) is 4.78. The van der Waals surface area contributed by atoms with Crippen molar-refractivity contribution < 1.29 is 0 Å². The highest BCUT2D eigenvalue weighted by Crippen LogP contribution is 2.15. The number of aryl methyl sites for hydroxylation is 2. The minimum atomic E-state index is -0.0647. The summed E-state index contributed by atoms with van der Waals surface area (Å²) in [7, 11) is 0. The predicted octanol–water partition coefficient (Wildman–Crippen LogP) is 3.00. The zero-order valence-electron chi connectivity index (χ0n) is 10.9. The van der Waals surface area contributed by atoms with Crippen LogP contribution >= 0.6 is 0 Å². The molecule has 2 aromatic heterocycles. The quantitative estimate of drug-likeness (QED) is 0.665. The van der Waals surface area contributed by atoms with E-state index < -0.39 is 0 Å². The Hall–Kier alpha value is -2.42. The highest BCUT2D eigenvalue weighted by atomic mass is 16.1. The SMILES string of the molecule is Cc1ccc2ccc(-n3cc(C)ccc3=O)nc2c1. The van der Waals surface area contributed by atoms with Crippen molar-refractivity contribution in [2.24, 2.45) is 0 Å². The van der Waals surface area contributed by atoms with Crippen molar-refractivity contribution in [3.05, 3.63) is 70.1 Å². The van der Waals surface area contributed by atoms with Crippen molar-refractivity contribution in [1.29, 1.82) is 0 Å². The van der Waals surface area contributed by atoms with Crippen LogP contribution in [0.25, 0.3) is 16.7 Å². The maximum absolute atomic E-state index is 11.9. The molecule has 0 bridgehead atoms. The first kappa shape index (κ1) is 11.7. The lowest BCUT2D eigenvalue weighted by molar-refractivity contribution is 0.939. The average Bonchev–Trinajstić information content (AvgIpc) is 2.40. The van der Waals surface area contributed by atoms with Gasteiger partial charge in [0, 0.05) is 17.6 Å². The lowest BCUT2D eigenvalue weighted by Gasteiger charge is -2.07.